The van der Waals surface area contributed by atoms with Gasteiger partial charge in [0, 0.05) is 19.3 Å². The van der Waals surface area contributed by atoms with Crippen LogP contribution in [0.4, 0.5) is 0 Å². The van der Waals surface area contributed by atoms with Gasteiger partial charge >= 0.3 is 5.97 Å². The van der Waals surface area contributed by atoms with Crippen LogP contribution in [0.3, 0.4) is 0 Å². The fraction of sp³-hybridized carbons (Fsp3) is 0.333. The number of imidazole rings is 1. The van der Waals surface area contributed by atoms with E-state index in [2.05, 4.69) is 26.6 Å². The summed E-state index contributed by atoms with van der Waals surface area (Å²) in [6.07, 6.45) is 5.68. The third-order valence-corrected chi connectivity index (χ3v) is 6.65. The standard InChI is InChI=1S/C27H27N5O2/c1-34-26(33)27(14-23-3-2-4-24(13-23)16-29)9-11-31(12-10-27)19-25-17-30-20-32(25)18-22-7-5-21(15-28)6-8-22/h2-8,13,17,20H,9-12,14,18-19H2,1H3. The van der Waals surface area contributed by atoms with Crippen molar-refractivity contribution < 1.29 is 9.53 Å². The SMILES string of the molecule is COC(=O)C1(Cc2cccc(C#N)c2)CCN(Cc2cncn2Cc2ccc(C#N)cc2)CC1. The van der Waals surface area contributed by atoms with Crippen LogP contribution in [0.5, 0.6) is 0 Å². The van der Waals surface area contributed by atoms with Crippen molar-refractivity contribution in [1.29, 1.82) is 10.5 Å². The normalized spacial score (nSPS) is 15.3. The minimum Gasteiger partial charge on any atom is -0.469 e. The first-order valence-corrected chi connectivity index (χ1v) is 11.3. The molecule has 4 rings (SSSR count). The highest BCUT2D eigenvalue weighted by Crippen LogP contribution is 2.37. The lowest BCUT2D eigenvalue weighted by molar-refractivity contribution is -0.156. The second kappa shape index (κ2) is 10.3. The highest BCUT2D eigenvalue weighted by molar-refractivity contribution is 5.77. The van der Waals surface area contributed by atoms with Crippen LogP contribution in [0.1, 0.15) is 40.8 Å². The van der Waals surface area contributed by atoms with Gasteiger partial charge in [-0.3, -0.25) is 9.69 Å². The number of benzene rings is 2. The number of nitriles is 2. The third kappa shape index (κ3) is 5.17. The molecule has 7 heteroatoms. The van der Waals surface area contributed by atoms with Crippen LogP contribution in [0.2, 0.25) is 0 Å². The number of nitrogens with zero attached hydrogens (tertiary/aromatic N) is 5. The van der Waals surface area contributed by atoms with Crippen molar-refractivity contribution in [3.05, 3.63) is 89.0 Å². The van der Waals surface area contributed by atoms with E-state index in [-0.39, 0.29) is 5.97 Å². The van der Waals surface area contributed by atoms with E-state index in [0.29, 0.717) is 36.9 Å². The first-order valence-electron chi connectivity index (χ1n) is 11.3. The molecule has 0 amide bonds. The van der Waals surface area contributed by atoms with Gasteiger partial charge in [0.1, 0.15) is 0 Å². The van der Waals surface area contributed by atoms with Gasteiger partial charge in [0.15, 0.2) is 0 Å². The fourth-order valence-corrected chi connectivity index (χ4v) is 4.68. The van der Waals surface area contributed by atoms with Gasteiger partial charge in [-0.25, -0.2) is 4.98 Å². The lowest BCUT2D eigenvalue weighted by atomic mass is 9.73. The summed E-state index contributed by atoms with van der Waals surface area (Å²) < 4.78 is 7.33. The van der Waals surface area contributed by atoms with Crippen molar-refractivity contribution in [3.63, 3.8) is 0 Å². The summed E-state index contributed by atoms with van der Waals surface area (Å²) in [6, 6.07) is 19.4. The molecular formula is C27H27N5O2. The highest BCUT2D eigenvalue weighted by atomic mass is 16.5. The number of carbonyl (C=O) groups is 1. The van der Waals surface area contributed by atoms with E-state index < -0.39 is 5.41 Å². The Morgan fingerprint density at radius 3 is 2.44 bits per heavy atom. The molecule has 0 N–H and O–H groups in total. The van der Waals surface area contributed by atoms with Crippen LogP contribution in [-0.4, -0.2) is 40.6 Å². The van der Waals surface area contributed by atoms with E-state index in [0.717, 1.165) is 36.5 Å². The maximum atomic E-state index is 12.8. The molecule has 0 atom stereocenters. The van der Waals surface area contributed by atoms with Crippen molar-refractivity contribution in [2.45, 2.75) is 32.4 Å². The lowest BCUT2D eigenvalue weighted by Gasteiger charge is -2.40. The van der Waals surface area contributed by atoms with Gasteiger partial charge < -0.3 is 9.30 Å². The summed E-state index contributed by atoms with van der Waals surface area (Å²) in [5.74, 6) is -0.180. The summed E-state index contributed by atoms with van der Waals surface area (Å²) in [5.41, 5.74) is 3.88. The van der Waals surface area contributed by atoms with Crippen molar-refractivity contribution in [2.24, 2.45) is 5.41 Å². The average Bonchev–Trinajstić information content (AvgIpc) is 3.31. The van der Waals surface area contributed by atoms with E-state index in [4.69, 9.17) is 10.00 Å². The third-order valence-electron chi connectivity index (χ3n) is 6.65. The molecular weight excluding hydrogens is 426 g/mol. The molecule has 1 saturated heterocycles. The Balaban J connectivity index is 1.42. The van der Waals surface area contributed by atoms with E-state index in [1.165, 1.54) is 7.11 Å². The summed E-state index contributed by atoms with van der Waals surface area (Å²) >= 11 is 0. The zero-order valence-corrected chi connectivity index (χ0v) is 19.3. The number of carbonyl (C=O) groups excluding carboxylic acids is 1. The summed E-state index contributed by atoms with van der Waals surface area (Å²) in [5, 5.41) is 18.2. The molecule has 1 aromatic heterocycles. The van der Waals surface area contributed by atoms with Crippen molar-refractivity contribution in [3.8, 4) is 12.1 Å². The van der Waals surface area contributed by atoms with Gasteiger partial charge in [-0.1, -0.05) is 24.3 Å². The second-order valence-corrected chi connectivity index (χ2v) is 8.86. The maximum Gasteiger partial charge on any atom is 0.312 e. The molecule has 7 nitrogen and oxygen atoms in total. The number of ether oxygens (including phenoxy) is 1. The number of hydrogen-bond donors (Lipinski definition) is 0. The Bertz CT molecular complexity index is 1220. The van der Waals surface area contributed by atoms with Crippen molar-refractivity contribution in [1.82, 2.24) is 14.5 Å². The predicted octanol–water partition coefficient (Wildman–Crippen LogP) is 3.67. The number of piperidine rings is 1. The summed E-state index contributed by atoms with van der Waals surface area (Å²) in [4.78, 5) is 19.5. The van der Waals surface area contributed by atoms with E-state index in [1.807, 2.05) is 55.0 Å². The van der Waals surface area contributed by atoms with Crippen LogP contribution < -0.4 is 0 Å². The molecule has 2 aromatic carbocycles. The molecule has 1 aliphatic heterocycles. The maximum absolute atomic E-state index is 12.8. The number of rotatable bonds is 7. The van der Waals surface area contributed by atoms with Gasteiger partial charge in [-0.2, -0.15) is 10.5 Å². The van der Waals surface area contributed by atoms with Crippen LogP contribution >= 0.6 is 0 Å². The number of methoxy groups -OCH3 is 1. The zero-order valence-electron chi connectivity index (χ0n) is 19.3. The molecule has 172 valence electrons. The van der Waals surface area contributed by atoms with Gasteiger partial charge in [-0.15, -0.1) is 0 Å². The molecule has 1 fully saturated rings. The van der Waals surface area contributed by atoms with Crippen LogP contribution in [0, 0.1) is 28.1 Å². The van der Waals surface area contributed by atoms with E-state index in [9.17, 15) is 10.1 Å². The average molecular weight is 454 g/mol. The van der Waals surface area contributed by atoms with Gasteiger partial charge in [0.25, 0.3) is 0 Å². The van der Waals surface area contributed by atoms with E-state index >= 15 is 0 Å². The Kier molecular flexibility index (Phi) is 7.06. The Labute approximate surface area is 199 Å². The summed E-state index contributed by atoms with van der Waals surface area (Å²) in [7, 11) is 1.45. The smallest absolute Gasteiger partial charge is 0.312 e. The van der Waals surface area contributed by atoms with Crippen LogP contribution in [0.25, 0.3) is 0 Å². The molecule has 0 spiro atoms. The molecule has 0 aliphatic carbocycles. The first-order chi connectivity index (χ1) is 16.5. The molecule has 0 unspecified atom stereocenters. The molecule has 1 aliphatic rings. The number of hydrogen-bond acceptors (Lipinski definition) is 6. The van der Waals surface area contributed by atoms with Gasteiger partial charge in [-0.05, 0) is 67.7 Å². The molecule has 0 saturated carbocycles. The monoisotopic (exact) mass is 453 g/mol. The van der Waals surface area contributed by atoms with Crippen LogP contribution in [-0.2, 0) is 29.0 Å². The van der Waals surface area contributed by atoms with Gasteiger partial charge in [0.05, 0.1) is 47.8 Å². The quantitative estimate of drug-likeness (QED) is 0.507. The van der Waals surface area contributed by atoms with Gasteiger partial charge in [0.2, 0.25) is 0 Å². The number of aromatic nitrogens is 2. The zero-order chi connectivity index (χ0) is 24.0. The predicted molar refractivity (Wildman–Crippen MR) is 126 cm³/mol. The summed E-state index contributed by atoms with van der Waals surface area (Å²) in [6.45, 7) is 2.98. The molecule has 0 bridgehead atoms. The minimum absolute atomic E-state index is 0.180. The minimum atomic E-state index is -0.581. The van der Waals surface area contributed by atoms with Crippen molar-refractivity contribution >= 4 is 5.97 Å². The number of esters is 1. The molecule has 34 heavy (non-hydrogen) atoms. The molecule has 3 aromatic rings. The Morgan fingerprint density at radius 1 is 1.03 bits per heavy atom. The second-order valence-electron chi connectivity index (χ2n) is 8.86. The van der Waals surface area contributed by atoms with Crippen molar-refractivity contribution in [2.75, 3.05) is 20.2 Å². The lowest BCUT2D eigenvalue weighted by Crippen LogP contribution is -2.46. The largest absolute Gasteiger partial charge is 0.469 e. The fourth-order valence-electron chi connectivity index (χ4n) is 4.68. The Morgan fingerprint density at radius 2 is 1.76 bits per heavy atom. The molecule has 0 radical (unpaired) electrons. The first kappa shape index (κ1) is 23.2. The van der Waals surface area contributed by atoms with E-state index in [1.54, 1.807) is 6.07 Å². The topological polar surface area (TPSA) is 94.9 Å². The highest BCUT2D eigenvalue weighted by Gasteiger charge is 2.42. The molecule has 2 heterocycles. The van der Waals surface area contributed by atoms with Crippen LogP contribution in [0.15, 0.2) is 61.1 Å². The number of likely N-dealkylation sites (tertiary alicyclic amines) is 1. The Hall–Kier alpha value is -3.94.